The molecular formula is C14H20O2S2. The minimum absolute atomic E-state index is 0.230. The highest BCUT2D eigenvalue weighted by Gasteiger charge is 2.32. The van der Waals surface area contributed by atoms with Crippen molar-refractivity contribution in [3.8, 4) is 0 Å². The van der Waals surface area contributed by atoms with E-state index in [1.165, 1.54) is 0 Å². The summed E-state index contributed by atoms with van der Waals surface area (Å²) in [4.78, 5) is 0. The van der Waals surface area contributed by atoms with Crippen LogP contribution in [-0.4, -0.2) is 33.4 Å². The van der Waals surface area contributed by atoms with Gasteiger partial charge < -0.3 is 9.84 Å². The quantitative estimate of drug-likeness (QED) is 0.898. The van der Waals surface area contributed by atoms with Crippen molar-refractivity contribution >= 4 is 23.5 Å². The second-order valence-electron chi connectivity index (χ2n) is 4.70. The summed E-state index contributed by atoms with van der Waals surface area (Å²) in [5.74, 6) is 1.06. The molecule has 0 aromatic heterocycles. The summed E-state index contributed by atoms with van der Waals surface area (Å²) < 4.78 is 5.87. The van der Waals surface area contributed by atoms with Crippen molar-refractivity contribution in [2.75, 3.05) is 12.4 Å². The van der Waals surface area contributed by atoms with E-state index in [1.54, 1.807) is 0 Å². The molecule has 0 bridgehead atoms. The standard InChI is InChI=1S/C14H20O2S2/c1-10(2)16-8-12-9-17-14(18-12)13(15)11-6-4-3-5-7-11/h3-7,10,12-15H,8-9H2,1-2H3. The summed E-state index contributed by atoms with van der Waals surface area (Å²) in [6.07, 6.45) is -0.0982. The van der Waals surface area contributed by atoms with Gasteiger partial charge in [0.25, 0.3) is 0 Å². The van der Waals surface area contributed by atoms with Crippen LogP contribution in [0.3, 0.4) is 0 Å². The third-order valence-corrected chi connectivity index (χ3v) is 6.13. The van der Waals surface area contributed by atoms with Crippen LogP contribution in [0.2, 0.25) is 0 Å². The molecule has 1 aromatic carbocycles. The molecule has 1 fully saturated rings. The lowest BCUT2D eigenvalue weighted by Gasteiger charge is -2.18. The molecule has 1 aliphatic heterocycles. The van der Waals surface area contributed by atoms with E-state index in [0.29, 0.717) is 5.25 Å². The van der Waals surface area contributed by atoms with E-state index < -0.39 is 0 Å². The molecule has 0 saturated carbocycles. The third kappa shape index (κ3) is 3.92. The first-order valence-corrected chi connectivity index (χ1v) is 8.27. The lowest BCUT2D eigenvalue weighted by atomic mass is 10.1. The number of thioether (sulfide) groups is 2. The van der Waals surface area contributed by atoms with E-state index in [2.05, 4.69) is 13.8 Å². The molecule has 1 N–H and O–H groups in total. The summed E-state index contributed by atoms with van der Waals surface area (Å²) >= 11 is 3.68. The maximum absolute atomic E-state index is 10.3. The molecule has 1 aromatic rings. The minimum atomic E-state index is -0.384. The molecular weight excluding hydrogens is 264 g/mol. The van der Waals surface area contributed by atoms with E-state index in [9.17, 15) is 5.11 Å². The monoisotopic (exact) mass is 284 g/mol. The van der Waals surface area contributed by atoms with E-state index in [1.807, 2.05) is 53.9 Å². The average molecular weight is 284 g/mol. The zero-order chi connectivity index (χ0) is 13.0. The van der Waals surface area contributed by atoms with E-state index in [4.69, 9.17) is 4.74 Å². The Balaban J connectivity index is 1.85. The Bertz CT molecular complexity index is 356. The molecule has 0 spiro atoms. The predicted molar refractivity (Wildman–Crippen MR) is 80.1 cm³/mol. The Morgan fingerprint density at radius 1 is 1.33 bits per heavy atom. The number of ether oxygens (including phenoxy) is 1. The highest BCUT2D eigenvalue weighted by atomic mass is 32.2. The van der Waals surface area contributed by atoms with Crippen molar-refractivity contribution in [2.45, 2.75) is 35.9 Å². The van der Waals surface area contributed by atoms with Crippen molar-refractivity contribution in [3.63, 3.8) is 0 Å². The molecule has 2 rings (SSSR count). The van der Waals surface area contributed by atoms with Crippen LogP contribution < -0.4 is 0 Å². The number of hydrogen-bond acceptors (Lipinski definition) is 4. The fourth-order valence-electron chi connectivity index (χ4n) is 1.83. The molecule has 3 atom stereocenters. The molecule has 1 aliphatic rings. The minimum Gasteiger partial charge on any atom is -0.386 e. The Morgan fingerprint density at radius 2 is 2.06 bits per heavy atom. The van der Waals surface area contributed by atoms with E-state index >= 15 is 0 Å². The van der Waals surface area contributed by atoms with Gasteiger partial charge in [0.2, 0.25) is 0 Å². The van der Waals surface area contributed by atoms with Crippen LogP contribution in [-0.2, 0) is 4.74 Å². The van der Waals surface area contributed by atoms with Crippen molar-refractivity contribution < 1.29 is 9.84 Å². The summed E-state index contributed by atoms with van der Waals surface area (Å²) in [5, 5.41) is 10.8. The largest absolute Gasteiger partial charge is 0.386 e. The topological polar surface area (TPSA) is 29.5 Å². The zero-order valence-electron chi connectivity index (χ0n) is 10.8. The fourth-order valence-corrected chi connectivity index (χ4v) is 5.08. The first-order valence-electron chi connectivity index (χ1n) is 6.28. The van der Waals surface area contributed by atoms with Crippen LogP contribution in [0.15, 0.2) is 30.3 Å². The van der Waals surface area contributed by atoms with Crippen LogP contribution in [0.4, 0.5) is 0 Å². The lowest BCUT2D eigenvalue weighted by Crippen LogP contribution is -2.16. The highest BCUT2D eigenvalue weighted by Crippen LogP contribution is 2.44. The Kier molecular flexibility index (Phi) is 5.42. The maximum atomic E-state index is 10.3. The number of benzene rings is 1. The van der Waals surface area contributed by atoms with Gasteiger partial charge in [0, 0.05) is 11.0 Å². The molecule has 0 aliphatic carbocycles. The Labute approximate surface area is 117 Å². The molecule has 4 heteroatoms. The molecule has 0 radical (unpaired) electrons. The molecule has 100 valence electrons. The van der Waals surface area contributed by atoms with Gasteiger partial charge in [0.15, 0.2) is 0 Å². The van der Waals surface area contributed by atoms with Gasteiger partial charge in [-0.25, -0.2) is 0 Å². The van der Waals surface area contributed by atoms with Gasteiger partial charge in [0.05, 0.1) is 23.4 Å². The summed E-state index contributed by atoms with van der Waals surface area (Å²) in [5.41, 5.74) is 1.01. The molecule has 1 heterocycles. The number of rotatable bonds is 5. The van der Waals surface area contributed by atoms with E-state index in [0.717, 1.165) is 17.9 Å². The van der Waals surface area contributed by atoms with Crippen molar-refractivity contribution in [1.82, 2.24) is 0 Å². The average Bonchev–Trinajstić information content (AvgIpc) is 2.85. The van der Waals surface area contributed by atoms with E-state index in [-0.39, 0.29) is 16.8 Å². The van der Waals surface area contributed by atoms with Gasteiger partial charge >= 0.3 is 0 Å². The smallest absolute Gasteiger partial charge is 0.1000 e. The van der Waals surface area contributed by atoms with Crippen LogP contribution in [0.5, 0.6) is 0 Å². The Morgan fingerprint density at radius 3 is 2.72 bits per heavy atom. The van der Waals surface area contributed by atoms with Crippen molar-refractivity contribution in [3.05, 3.63) is 35.9 Å². The van der Waals surface area contributed by atoms with Gasteiger partial charge in [-0.1, -0.05) is 30.3 Å². The second-order valence-corrected chi connectivity index (χ2v) is 7.62. The first-order chi connectivity index (χ1) is 8.66. The number of aliphatic hydroxyl groups excluding tert-OH is 1. The molecule has 18 heavy (non-hydrogen) atoms. The van der Waals surface area contributed by atoms with Gasteiger partial charge in [-0.3, -0.25) is 0 Å². The second kappa shape index (κ2) is 6.85. The lowest BCUT2D eigenvalue weighted by molar-refractivity contribution is 0.0826. The summed E-state index contributed by atoms with van der Waals surface area (Å²) in [7, 11) is 0. The molecule has 3 unspecified atom stereocenters. The molecule has 0 amide bonds. The summed E-state index contributed by atoms with van der Waals surface area (Å²) in [6, 6.07) is 9.91. The van der Waals surface area contributed by atoms with Gasteiger partial charge in [-0.2, -0.15) is 0 Å². The van der Waals surface area contributed by atoms with Crippen LogP contribution in [0.25, 0.3) is 0 Å². The normalized spacial score (nSPS) is 25.6. The SMILES string of the molecule is CC(C)OCC1CSC(C(O)c2ccccc2)S1. The highest BCUT2D eigenvalue weighted by molar-refractivity contribution is 8.20. The number of aliphatic hydroxyl groups is 1. The Hall–Kier alpha value is -0.160. The van der Waals surface area contributed by atoms with Gasteiger partial charge in [0.1, 0.15) is 0 Å². The van der Waals surface area contributed by atoms with Crippen LogP contribution in [0.1, 0.15) is 25.5 Å². The fraction of sp³-hybridized carbons (Fsp3) is 0.571. The molecule has 2 nitrogen and oxygen atoms in total. The number of hydrogen-bond donors (Lipinski definition) is 1. The summed E-state index contributed by atoms with van der Waals surface area (Å²) in [6.45, 7) is 4.90. The first kappa shape index (κ1) is 14.3. The van der Waals surface area contributed by atoms with Crippen molar-refractivity contribution in [2.24, 2.45) is 0 Å². The predicted octanol–water partition coefficient (Wildman–Crippen LogP) is 3.32. The maximum Gasteiger partial charge on any atom is 0.1000 e. The van der Waals surface area contributed by atoms with Crippen LogP contribution in [0, 0.1) is 0 Å². The van der Waals surface area contributed by atoms with Gasteiger partial charge in [-0.05, 0) is 19.4 Å². The third-order valence-electron chi connectivity index (χ3n) is 2.79. The van der Waals surface area contributed by atoms with Gasteiger partial charge in [-0.15, -0.1) is 23.5 Å². The van der Waals surface area contributed by atoms with Crippen LogP contribution >= 0.6 is 23.5 Å². The molecule has 1 saturated heterocycles. The van der Waals surface area contributed by atoms with Crippen molar-refractivity contribution in [1.29, 1.82) is 0 Å². The zero-order valence-corrected chi connectivity index (χ0v) is 12.4.